The lowest BCUT2D eigenvalue weighted by atomic mass is 9.83. The Hall–Kier alpha value is -4.04. The number of hydrogen-bond acceptors (Lipinski definition) is 4. The molecule has 1 aliphatic heterocycles. The van der Waals surface area contributed by atoms with Crippen molar-refractivity contribution < 1.29 is 4.74 Å². The van der Waals surface area contributed by atoms with E-state index >= 15 is 0 Å². The van der Waals surface area contributed by atoms with Gasteiger partial charge >= 0.3 is 0 Å². The average Bonchev–Trinajstić information content (AvgIpc) is 3.16. The molecule has 1 unspecified atom stereocenters. The third-order valence-electron chi connectivity index (χ3n) is 5.11. The van der Waals surface area contributed by atoms with Crippen LogP contribution in [0, 0.1) is 11.3 Å². The zero-order valence-corrected chi connectivity index (χ0v) is 14.9. The average molecular weight is 364 g/mol. The molecule has 3 aromatic carbocycles. The maximum atomic E-state index is 9.76. The second-order valence-electron chi connectivity index (χ2n) is 6.71. The van der Waals surface area contributed by atoms with Crippen LogP contribution in [0.1, 0.15) is 17.0 Å². The van der Waals surface area contributed by atoms with Gasteiger partial charge in [-0.3, -0.25) is 5.10 Å². The van der Waals surface area contributed by atoms with Crippen LogP contribution >= 0.6 is 0 Å². The van der Waals surface area contributed by atoms with Crippen LogP contribution in [0.3, 0.4) is 0 Å². The lowest BCUT2D eigenvalue weighted by Gasteiger charge is -2.24. The van der Waals surface area contributed by atoms with Gasteiger partial charge in [-0.1, -0.05) is 66.7 Å². The van der Waals surface area contributed by atoms with Crippen LogP contribution in [-0.2, 0) is 0 Å². The van der Waals surface area contributed by atoms with Crippen LogP contribution < -0.4 is 10.5 Å². The molecule has 1 aromatic heterocycles. The molecule has 134 valence electrons. The maximum Gasteiger partial charge on any atom is 0.244 e. The SMILES string of the molecule is N#CC1=C(N)Oc2n[nH]c(-c3ccc4ccccc4c3)c2C1c1ccccc1. The fraction of sp³-hybridized carbons (Fsp3) is 0.0435. The van der Waals surface area contributed by atoms with Crippen molar-refractivity contribution >= 4 is 10.8 Å². The molecule has 5 rings (SSSR count). The van der Waals surface area contributed by atoms with E-state index in [4.69, 9.17) is 10.5 Å². The molecule has 5 heteroatoms. The van der Waals surface area contributed by atoms with Gasteiger partial charge in [-0.05, 0) is 22.4 Å². The Bertz CT molecular complexity index is 1260. The lowest BCUT2D eigenvalue weighted by molar-refractivity contribution is 0.379. The van der Waals surface area contributed by atoms with Crippen LogP contribution in [0.5, 0.6) is 5.88 Å². The fourth-order valence-electron chi connectivity index (χ4n) is 3.79. The number of nitrogens with one attached hydrogen (secondary N) is 1. The number of ether oxygens (including phenoxy) is 1. The zero-order valence-electron chi connectivity index (χ0n) is 14.9. The normalized spacial score (nSPS) is 15.8. The molecular formula is C23H16N4O. The van der Waals surface area contributed by atoms with Crippen LogP contribution in [0.4, 0.5) is 0 Å². The van der Waals surface area contributed by atoms with Crippen LogP contribution in [-0.4, -0.2) is 10.2 Å². The number of H-pyrrole nitrogens is 1. The first-order valence-corrected chi connectivity index (χ1v) is 8.96. The minimum atomic E-state index is -0.338. The molecule has 4 aromatic rings. The Morgan fingerprint density at radius 1 is 0.964 bits per heavy atom. The summed E-state index contributed by atoms with van der Waals surface area (Å²) < 4.78 is 5.67. The third kappa shape index (κ3) is 2.43. The first-order valence-electron chi connectivity index (χ1n) is 8.96. The number of nitrogens with two attached hydrogens (primary N) is 1. The van der Waals surface area contributed by atoms with E-state index in [1.54, 1.807) is 0 Å². The summed E-state index contributed by atoms with van der Waals surface area (Å²) in [5.74, 6) is 0.170. The van der Waals surface area contributed by atoms with Crippen molar-refractivity contribution in [3.63, 3.8) is 0 Å². The molecule has 0 bridgehead atoms. The van der Waals surface area contributed by atoms with Gasteiger partial charge < -0.3 is 10.5 Å². The highest BCUT2D eigenvalue weighted by atomic mass is 16.5. The summed E-state index contributed by atoms with van der Waals surface area (Å²) in [6, 6.07) is 26.5. The van der Waals surface area contributed by atoms with E-state index < -0.39 is 0 Å². The Morgan fingerprint density at radius 3 is 2.50 bits per heavy atom. The van der Waals surface area contributed by atoms with Crippen molar-refractivity contribution in [2.45, 2.75) is 5.92 Å². The maximum absolute atomic E-state index is 9.76. The molecule has 0 saturated carbocycles. The predicted molar refractivity (Wildman–Crippen MR) is 107 cm³/mol. The van der Waals surface area contributed by atoms with E-state index in [1.807, 2.05) is 48.5 Å². The van der Waals surface area contributed by atoms with Gasteiger partial charge in [0.15, 0.2) is 0 Å². The molecule has 0 amide bonds. The monoisotopic (exact) mass is 364 g/mol. The highest BCUT2D eigenvalue weighted by Crippen LogP contribution is 2.45. The molecule has 0 spiro atoms. The van der Waals surface area contributed by atoms with Crippen LogP contribution in [0.25, 0.3) is 22.0 Å². The predicted octanol–water partition coefficient (Wildman–Crippen LogP) is 4.45. The topological polar surface area (TPSA) is 87.7 Å². The molecular weight excluding hydrogens is 348 g/mol. The van der Waals surface area contributed by atoms with Crippen molar-refractivity contribution in [2.75, 3.05) is 0 Å². The van der Waals surface area contributed by atoms with E-state index in [0.717, 1.165) is 33.2 Å². The van der Waals surface area contributed by atoms with Gasteiger partial charge in [-0.15, -0.1) is 5.10 Å². The summed E-state index contributed by atoms with van der Waals surface area (Å²) in [6.07, 6.45) is 0. The largest absolute Gasteiger partial charge is 0.420 e. The molecule has 2 heterocycles. The fourth-order valence-corrected chi connectivity index (χ4v) is 3.79. The first kappa shape index (κ1) is 16.2. The number of nitriles is 1. The van der Waals surface area contributed by atoms with Gasteiger partial charge in [0, 0.05) is 5.56 Å². The summed E-state index contributed by atoms with van der Waals surface area (Å²) >= 11 is 0. The minimum absolute atomic E-state index is 0.0976. The molecule has 1 aliphatic rings. The van der Waals surface area contributed by atoms with Crippen molar-refractivity contribution in [3.8, 4) is 23.2 Å². The number of hydrogen-bond donors (Lipinski definition) is 2. The lowest BCUT2D eigenvalue weighted by Crippen LogP contribution is -2.20. The summed E-state index contributed by atoms with van der Waals surface area (Å²) in [6.45, 7) is 0. The van der Waals surface area contributed by atoms with Gasteiger partial charge in [0.25, 0.3) is 0 Å². The van der Waals surface area contributed by atoms with E-state index in [0.29, 0.717) is 11.5 Å². The van der Waals surface area contributed by atoms with E-state index in [2.05, 4.69) is 40.5 Å². The van der Waals surface area contributed by atoms with Crippen LogP contribution in [0.2, 0.25) is 0 Å². The molecule has 0 saturated heterocycles. The summed E-state index contributed by atoms with van der Waals surface area (Å²) in [4.78, 5) is 0. The highest BCUT2D eigenvalue weighted by Gasteiger charge is 2.35. The summed E-state index contributed by atoms with van der Waals surface area (Å²) in [5, 5.41) is 19.5. The number of benzene rings is 3. The molecule has 5 nitrogen and oxygen atoms in total. The first-order chi connectivity index (χ1) is 13.8. The number of aromatic nitrogens is 2. The molecule has 1 atom stereocenters. The van der Waals surface area contributed by atoms with E-state index in [1.165, 1.54) is 0 Å². The quantitative estimate of drug-likeness (QED) is 0.550. The zero-order chi connectivity index (χ0) is 19.1. The smallest absolute Gasteiger partial charge is 0.244 e. The minimum Gasteiger partial charge on any atom is -0.420 e. The number of aromatic amines is 1. The third-order valence-corrected chi connectivity index (χ3v) is 5.11. The number of rotatable bonds is 2. The van der Waals surface area contributed by atoms with Crippen molar-refractivity contribution in [1.82, 2.24) is 10.2 Å². The van der Waals surface area contributed by atoms with Gasteiger partial charge in [-0.25, -0.2) is 0 Å². The Labute approximate surface area is 161 Å². The molecule has 0 aliphatic carbocycles. The van der Waals surface area contributed by atoms with Gasteiger partial charge in [0.05, 0.1) is 17.2 Å². The molecule has 0 fully saturated rings. The molecule has 3 N–H and O–H groups in total. The van der Waals surface area contributed by atoms with Gasteiger partial charge in [-0.2, -0.15) is 5.26 Å². The molecule has 28 heavy (non-hydrogen) atoms. The van der Waals surface area contributed by atoms with E-state index in [9.17, 15) is 5.26 Å². The standard InChI is InChI=1S/C23H16N4O/c24-13-18-19(15-7-2-1-3-8-15)20-21(26-27-23(20)28-22(18)25)17-11-10-14-6-4-5-9-16(14)12-17/h1-12,19H,25H2,(H,26,27). The molecule has 0 radical (unpaired) electrons. The summed E-state index contributed by atoms with van der Waals surface area (Å²) in [7, 11) is 0. The van der Waals surface area contributed by atoms with Crippen molar-refractivity contribution in [3.05, 3.63) is 95.4 Å². The Balaban J connectivity index is 1.74. The van der Waals surface area contributed by atoms with E-state index in [-0.39, 0.29) is 11.8 Å². The number of fused-ring (bicyclic) bond motifs is 2. The Morgan fingerprint density at radius 2 is 1.71 bits per heavy atom. The highest BCUT2D eigenvalue weighted by molar-refractivity contribution is 5.87. The van der Waals surface area contributed by atoms with Crippen LogP contribution in [0.15, 0.2) is 84.3 Å². The van der Waals surface area contributed by atoms with Gasteiger partial charge in [0.2, 0.25) is 11.8 Å². The van der Waals surface area contributed by atoms with Crippen molar-refractivity contribution in [2.24, 2.45) is 5.73 Å². The second kappa shape index (κ2) is 6.29. The number of nitrogens with zero attached hydrogens (tertiary/aromatic N) is 2. The Kier molecular flexibility index (Phi) is 3.63. The van der Waals surface area contributed by atoms with Crippen molar-refractivity contribution in [1.29, 1.82) is 5.26 Å². The number of allylic oxidation sites excluding steroid dienone is 1. The summed E-state index contributed by atoms with van der Waals surface area (Å²) in [5.41, 5.74) is 10.0. The van der Waals surface area contributed by atoms with Gasteiger partial charge in [0.1, 0.15) is 11.6 Å². The second-order valence-corrected chi connectivity index (χ2v) is 6.71.